The van der Waals surface area contributed by atoms with Crippen LogP contribution in [-0.2, 0) is 4.79 Å². The average Bonchev–Trinajstić information content (AvgIpc) is 2.47. The van der Waals surface area contributed by atoms with E-state index in [0.29, 0.717) is 30.3 Å². The normalized spacial score (nSPS) is 26.1. The molecule has 0 aliphatic heterocycles. The number of hydrogen-bond donors (Lipinski definition) is 2. The quantitative estimate of drug-likeness (QED) is 0.882. The monoisotopic (exact) mass is 279 g/mol. The third kappa shape index (κ3) is 2.72. The van der Waals surface area contributed by atoms with Crippen LogP contribution in [-0.4, -0.2) is 30.8 Å². The first-order chi connectivity index (χ1) is 9.50. The van der Waals surface area contributed by atoms with Gasteiger partial charge in [0.25, 0.3) is 0 Å². The van der Waals surface area contributed by atoms with Crippen LogP contribution in [0.3, 0.4) is 0 Å². The third-order valence-corrected chi connectivity index (χ3v) is 4.18. The molecule has 110 valence electrons. The molecule has 1 saturated carbocycles. The van der Waals surface area contributed by atoms with Crippen molar-refractivity contribution in [2.24, 2.45) is 5.73 Å². The predicted molar refractivity (Wildman–Crippen MR) is 75.3 cm³/mol. The molecule has 20 heavy (non-hydrogen) atoms. The number of rotatable bonds is 4. The number of benzene rings is 1. The van der Waals surface area contributed by atoms with Crippen LogP contribution in [0.5, 0.6) is 11.5 Å². The summed E-state index contributed by atoms with van der Waals surface area (Å²) in [6.07, 6.45) is 2.55. The number of carbonyl (C=O) groups is 1. The standard InChI is InChI=1S/C15H21NO4/c1-19-12-4-3-11(9-13(12)20-2)10-5-7-15(16,8-6-10)14(17)18/h3-4,9-10H,5-8,16H2,1-2H3,(H,17,18). The molecule has 0 saturated heterocycles. The zero-order valence-corrected chi connectivity index (χ0v) is 11.9. The van der Waals surface area contributed by atoms with Crippen molar-refractivity contribution in [1.29, 1.82) is 0 Å². The van der Waals surface area contributed by atoms with Crippen molar-refractivity contribution in [2.45, 2.75) is 37.1 Å². The molecule has 3 N–H and O–H groups in total. The number of methoxy groups -OCH3 is 2. The highest BCUT2D eigenvalue weighted by Gasteiger charge is 2.38. The molecule has 1 aromatic carbocycles. The van der Waals surface area contributed by atoms with Gasteiger partial charge in [-0.3, -0.25) is 4.79 Å². The van der Waals surface area contributed by atoms with E-state index < -0.39 is 11.5 Å². The predicted octanol–water partition coefficient (Wildman–Crippen LogP) is 2.14. The maximum atomic E-state index is 11.1. The third-order valence-electron chi connectivity index (χ3n) is 4.18. The molecule has 0 unspecified atom stereocenters. The fourth-order valence-electron chi connectivity index (χ4n) is 2.79. The van der Waals surface area contributed by atoms with Crippen LogP contribution in [0.15, 0.2) is 18.2 Å². The Bertz CT molecular complexity index is 493. The Morgan fingerprint density at radius 3 is 2.35 bits per heavy atom. The van der Waals surface area contributed by atoms with Gasteiger partial charge in [0.1, 0.15) is 5.54 Å². The number of aliphatic carboxylic acids is 1. The van der Waals surface area contributed by atoms with Gasteiger partial charge in [-0.05, 0) is 49.3 Å². The molecule has 1 aliphatic carbocycles. The summed E-state index contributed by atoms with van der Waals surface area (Å²) < 4.78 is 10.5. The lowest BCUT2D eigenvalue weighted by Crippen LogP contribution is -2.50. The second-order valence-corrected chi connectivity index (χ2v) is 5.35. The number of carboxylic acid groups (broad SMARTS) is 1. The van der Waals surface area contributed by atoms with Gasteiger partial charge in [-0.25, -0.2) is 0 Å². The van der Waals surface area contributed by atoms with E-state index >= 15 is 0 Å². The van der Waals surface area contributed by atoms with E-state index in [4.69, 9.17) is 20.3 Å². The smallest absolute Gasteiger partial charge is 0.323 e. The molecule has 1 aromatic rings. The van der Waals surface area contributed by atoms with Gasteiger partial charge in [0.15, 0.2) is 11.5 Å². The molecule has 0 bridgehead atoms. The Kier molecular flexibility index (Phi) is 4.18. The number of carboxylic acids is 1. The van der Waals surface area contributed by atoms with Crippen LogP contribution in [0, 0.1) is 0 Å². The Morgan fingerprint density at radius 1 is 1.25 bits per heavy atom. The van der Waals surface area contributed by atoms with E-state index in [9.17, 15) is 4.79 Å². The summed E-state index contributed by atoms with van der Waals surface area (Å²) in [7, 11) is 3.21. The Morgan fingerprint density at radius 2 is 1.85 bits per heavy atom. The lowest BCUT2D eigenvalue weighted by molar-refractivity contribution is -0.144. The minimum Gasteiger partial charge on any atom is -0.493 e. The van der Waals surface area contributed by atoms with Crippen LogP contribution in [0.25, 0.3) is 0 Å². The van der Waals surface area contributed by atoms with Gasteiger partial charge in [-0.2, -0.15) is 0 Å². The second kappa shape index (κ2) is 5.71. The zero-order chi connectivity index (χ0) is 14.8. The van der Waals surface area contributed by atoms with Gasteiger partial charge >= 0.3 is 5.97 Å². The van der Waals surface area contributed by atoms with Crippen LogP contribution in [0.1, 0.15) is 37.2 Å². The van der Waals surface area contributed by atoms with E-state index in [0.717, 1.165) is 18.4 Å². The van der Waals surface area contributed by atoms with Crippen LogP contribution in [0.4, 0.5) is 0 Å². The topological polar surface area (TPSA) is 81.8 Å². The molecule has 2 rings (SSSR count). The summed E-state index contributed by atoms with van der Waals surface area (Å²) in [5.74, 6) is 0.827. The lowest BCUT2D eigenvalue weighted by atomic mass is 9.74. The summed E-state index contributed by atoms with van der Waals surface area (Å²) >= 11 is 0. The van der Waals surface area contributed by atoms with Crippen molar-refractivity contribution in [3.05, 3.63) is 23.8 Å². The zero-order valence-electron chi connectivity index (χ0n) is 11.9. The molecular weight excluding hydrogens is 258 g/mol. The molecule has 0 radical (unpaired) electrons. The first-order valence-electron chi connectivity index (χ1n) is 6.74. The van der Waals surface area contributed by atoms with Gasteiger partial charge < -0.3 is 20.3 Å². The molecule has 0 spiro atoms. The van der Waals surface area contributed by atoms with E-state index in [1.165, 1.54) is 0 Å². The minimum atomic E-state index is -1.06. The average molecular weight is 279 g/mol. The fraction of sp³-hybridized carbons (Fsp3) is 0.533. The fourth-order valence-corrected chi connectivity index (χ4v) is 2.79. The highest BCUT2D eigenvalue weighted by atomic mass is 16.5. The highest BCUT2D eigenvalue weighted by Crippen LogP contribution is 2.39. The molecule has 0 aromatic heterocycles. The molecule has 1 fully saturated rings. The van der Waals surface area contributed by atoms with Gasteiger partial charge in [-0.1, -0.05) is 6.07 Å². The summed E-state index contributed by atoms with van der Waals surface area (Å²) in [6, 6.07) is 5.86. The van der Waals surface area contributed by atoms with E-state index in [1.807, 2.05) is 18.2 Å². The van der Waals surface area contributed by atoms with E-state index in [-0.39, 0.29) is 0 Å². The van der Waals surface area contributed by atoms with Crippen molar-refractivity contribution in [1.82, 2.24) is 0 Å². The molecule has 5 nitrogen and oxygen atoms in total. The van der Waals surface area contributed by atoms with Crippen LogP contribution < -0.4 is 15.2 Å². The Hall–Kier alpha value is -1.75. The van der Waals surface area contributed by atoms with Crippen molar-refractivity contribution in [3.63, 3.8) is 0 Å². The highest BCUT2D eigenvalue weighted by molar-refractivity contribution is 5.78. The molecule has 5 heteroatoms. The lowest BCUT2D eigenvalue weighted by Gasteiger charge is -2.34. The maximum Gasteiger partial charge on any atom is 0.323 e. The van der Waals surface area contributed by atoms with Gasteiger partial charge in [0, 0.05) is 0 Å². The first kappa shape index (κ1) is 14.7. The summed E-state index contributed by atoms with van der Waals surface area (Å²) in [6.45, 7) is 0. The number of ether oxygens (including phenoxy) is 2. The van der Waals surface area contributed by atoms with E-state index in [2.05, 4.69) is 0 Å². The van der Waals surface area contributed by atoms with Crippen LogP contribution >= 0.6 is 0 Å². The molecule has 0 atom stereocenters. The molecular formula is C15H21NO4. The number of nitrogens with two attached hydrogens (primary N) is 1. The minimum absolute atomic E-state index is 0.325. The van der Waals surface area contributed by atoms with Crippen molar-refractivity contribution in [2.75, 3.05) is 14.2 Å². The number of hydrogen-bond acceptors (Lipinski definition) is 4. The molecule has 1 aliphatic rings. The summed E-state index contributed by atoms with van der Waals surface area (Å²) in [4.78, 5) is 11.1. The van der Waals surface area contributed by atoms with Gasteiger partial charge in [0.2, 0.25) is 0 Å². The molecule has 0 heterocycles. The van der Waals surface area contributed by atoms with Crippen LogP contribution in [0.2, 0.25) is 0 Å². The van der Waals surface area contributed by atoms with Gasteiger partial charge in [-0.15, -0.1) is 0 Å². The van der Waals surface area contributed by atoms with Crippen molar-refractivity contribution in [3.8, 4) is 11.5 Å². The molecule has 0 amide bonds. The summed E-state index contributed by atoms with van der Waals surface area (Å²) in [5, 5.41) is 9.14. The van der Waals surface area contributed by atoms with Crippen molar-refractivity contribution >= 4 is 5.97 Å². The second-order valence-electron chi connectivity index (χ2n) is 5.35. The van der Waals surface area contributed by atoms with E-state index in [1.54, 1.807) is 14.2 Å². The first-order valence-corrected chi connectivity index (χ1v) is 6.74. The Labute approximate surface area is 118 Å². The van der Waals surface area contributed by atoms with Gasteiger partial charge in [0.05, 0.1) is 14.2 Å². The SMILES string of the molecule is COc1ccc(C2CCC(N)(C(=O)O)CC2)cc1OC. The summed E-state index contributed by atoms with van der Waals surface area (Å²) in [5.41, 5.74) is 5.99. The largest absolute Gasteiger partial charge is 0.493 e. The van der Waals surface area contributed by atoms with Crippen molar-refractivity contribution < 1.29 is 19.4 Å². The Balaban J connectivity index is 2.13. The maximum absolute atomic E-state index is 11.1.